The molecule has 0 radical (unpaired) electrons. The maximum atomic E-state index is 12.6. The molecule has 0 bridgehead atoms. The molecule has 1 aliphatic heterocycles. The number of benzene rings is 2. The number of nitrogens with one attached hydrogen (secondary N) is 1. The molecule has 0 spiro atoms. The van der Waals surface area contributed by atoms with Crippen molar-refractivity contribution in [1.29, 1.82) is 0 Å². The average Bonchev–Trinajstić information content (AvgIpc) is 2.69. The number of amides is 1. The molecule has 0 saturated carbocycles. The average molecular weight is 383 g/mol. The van der Waals surface area contributed by atoms with E-state index >= 15 is 0 Å². The lowest BCUT2D eigenvalue weighted by Gasteiger charge is -2.37. The zero-order valence-electron chi connectivity index (χ0n) is 15.9. The Morgan fingerprint density at radius 2 is 1.68 bits per heavy atom. The molecule has 6 heteroatoms. The van der Waals surface area contributed by atoms with Crippen LogP contribution < -0.4 is 10.1 Å². The van der Waals surface area contributed by atoms with E-state index in [2.05, 4.69) is 5.32 Å². The van der Waals surface area contributed by atoms with Crippen LogP contribution in [0.25, 0.3) is 11.1 Å². The van der Waals surface area contributed by atoms with Crippen molar-refractivity contribution in [3.05, 3.63) is 54.6 Å². The molecule has 1 aliphatic rings. The quantitative estimate of drug-likeness (QED) is 0.767. The largest absolute Gasteiger partial charge is 0.481 e. The van der Waals surface area contributed by atoms with Crippen LogP contribution in [0.2, 0.25) is 0 Å². The minimum atomic E-state index is -0.938. The molecule has 1 unspecified atom stereocenters. The van der Waals surface area contributed by atoms with Gasteiger partial charge in [0.05, 0.1) is 12.0 Å². The third kappa shape index (κ3) is 5.10. The van der Waals surface area contributed by atoms with Crippen LogP contribution in [0.15, 0.2) is 54.6 Å². The van der Waals surface area contributed by atoms with E-state index in [4.69, 9.17) is 9.47 Å². The molecule has 2 aromatic rings. The van der Waals surface area contributed by atoms with E-state index in [9.17, 15) is 14.7 Å². The molecule has 1 amide bonds. The molecule has 148 valence electrons. The summed E-state index contributed by atoms with van der Waals surface area (Å²) in [6, 6.07) is 17.5. The summed E-state index contributed by atoms with van der Waals surface area (Å²) in [5, 5.41) is 12.1. The fourth-order valence-corrected chi connectivity index (χ4v) is 3.37. The predicted molar refractivity (Wildman–Crippen MR) is 105 cm³/mol. The second-order valence-electron chi connectivity index (χ2n) is 7.10. The fourth-order valence-electron chi connectivity index (χ4n) is 3.37. The highest BCUT2D eigenvalue weighted by Gasteiger charge is 2.37. The van der Waals surface area contributed by atoms with Gasteiger partial charge in [-0.15, -0.1) is 0 Å². The number of carbonyl (C=O) groups is 2. The van der Waals surface area contributed by atoms with E-state index in [0.29, 0.717) is 31.8 Å². The van der Waals surface area contributed by atoms with Gasteiger partial charge in [-0.25, -0.2) is 0 Å². The van der Waals surface area contributed by atoms with Gasteiger partial charge in [0, 0.05) is 13.2 Å². The Labute approximate surface area is 164 Å². The molecule has 0 aromatic heterocycles. The van der Waals surface area contributed by atoms with Crippen LogP contribution in [0.5, 0.6) is 5.75 Å². The van der Waals surface area contributed by atoms with Crippen molar-refractivity contribution in [3.63, 3.8) is 0 Å². The van der Waals surface area contributed by atoms with Crippen LogP contribution in [0.4, 0.5) is 0 Å². The zero-order valence-corrected chi connectivity index (χ0v) is 15.9. The Morgan fingerprint density at radius 3 is 2.29 bits per heavy atom. The molecule has 0 aliphatic carbocycles. The van der Waals surface area contributed by atoms with Crippen LogP contribution in [0.1, 0.15) is 26.2 Å². The number of carboxylic acid groups (broad SMARTS) is 1. The number of ether oxygens (including phenoxy) is 2. The van der Waals surface area contributed by atoms with Gasteiger partial charge in [-0.1, -0.05) is 42.5 Å². The first-order valence-corrected chi connectivity index (χ1v) is 9.41. The predicted octanol–water partition coefficient (Wildman–Crippen LogP) is 3.26. The molecule has 1 saturated heterocycles. The highest BCUT2D eigenvalue weighted by Crippen LogP contribution is 2.26. The monoisotopic (exact) mass is 383 g/mol. The molecule has 1 fully saturated rings. The van der Waals surface area contributed by atoms with Crippen molar-refractivity contribution in [2.75, 3.05) is 13.2 Å². The van der Waals surface area contributed by atoms with Gasteiger partial charge in [-0.2, -0.15) is 0 Å². The van der Waals surface area contributed by atoms with Crippen LogP contribution >= 0.6 is 0 Å². The minimum absolute atomic E-state index is 0.124. The SMILES string of the molecule is CC(Oc1ccc(-c2ccccc2)cc1)C(=O)NC1(CC(=O)O)CCOCC1. The topological polar surface area (TPSA) is 84.9 Å². The maximum absolute atomic E-state index is 12.6. The summed E-state index contributed by atoms with van der Waals surface area (Å²) in [5.74, 6) is -0.677. The Bertz CT molecular complexity index is 797. The lowest BCUT2D eigenvalue weighted by atomic mass is 9.86. The first-order chi connectivity index (χ1) is 13.5. The van der Waals surface area contributed by atoms with Gasteiger partial charge >= 0.3 is 5.97 Å². The number of rotatable bonds is 7. The molecule has 2 N–H and O–H groups in total. The summed E-state index contributed by atoms with van der Waals surface area (Å²) in [5.41, 5.74) is 1.39. The molecular formula is C22H25NO5. The third-order valence-corrected chi connectivity index (χ3v) is 4.97. The third-order valence-electron chi connectivity index (χ3n) is 4.97. The minimum Gasteiger partial charge on any atom is -0.481 e. The molecular weight excluding hydrogens is 358 g/mol. The highest BCUT2D eigenvalue weighted by atomic mass is 16.5. The van der Waals surface area contributed by atoms with Crippen LogP contribution in [0, 0.1) is 0 Å². The summed E-state index contributed by atoms with van der Waals surface area (Å²) in [6.45, 7) is 2.53. The summed E-state index contributed by atoms with van der Waals surface area (Å²) < 4.78 is 11.1. The van der Waals surface area contributed by atoms with E-state index in [1.807, 2.05) is 54.6 Å². The zero-order chi connectivity index (χ0) is 20.0. The van der Waals surface area contributed by atoms with Crippen molar-refractivity contribution in [3.8, 4) is 16.9 Å². The Hall–Kier alpha value is -2.86. The molecule has 6 nitrogen and oxygen atoms in total. The van der Waals surface area contributed by atoms with E-state index < -0.39 is 17.6 Å². The van der Waals surface area contributed by atoms with Crippen molar-refractivity contribution in [2.24, 2.45) is 0 Å². The van der Waals surface area contributed by atoms with Crippen molar-refractivity contribution >= 4 is 11.9 Å². The maximum Gasteiger partial charge on any atom is 0.305 e. The Morgan fingerprint density at radius 1 is 1.07 bits per heavy atom. The first kappa shape index (κ1) is 19.9. The lowest BCUT2D eigenvalue weighted by Crippen LogP contribution is -2.56. The van der Waals surface area contributed by atoms with E-state index in [1.54, 1.807) is 6.92 Å². The number of hydrogen-bond acceptors (Lipinski definition) is 4. The standard InChI is InChI=1S/C22H25NO5/c1-16(21(26)23-22(15-20(24)25)11-13-27-14-12-22)28-19-9-7-18(8-10-19)17-5-3-2-4-6-17/h2-10,16H,11-15H2,1H3,(H,23,26)(H,24,25). The summed E-state index contributed by atoms with van der Waals surface area (Å²) >= 11 is 0. The number of carbonyl (C=O) groups excluding carboxylic acids is 1. The molecule has 28 heavy (non-hydrogen) atoms. The van der Waals surface area contributed by atoms with Gasteiger partial charge in [-0.05, 0) is 43.0 Å². The van der Waals surface area contributed by atoms with Gasteiger partial charge in [-0.3, -0.25) is 9.59 Å². The molecule has 1 heterocycles. The Balaban J connectivity index is 1.62. The number of hydrogen-bond donors (Lipinski definition) is 2. The van der Waals surface area contributed by atoms with Crippen molar-refractivity contribution in [2.45, 2.75) is 37.8 Å². The van der Waals surface area contributed by atoms with Gasteiger partial charge in [0.2, 0.25) is 0 Å². The lowest BCUT2D eigenvalue weighted by molar-refractivity contribution is -0.141. The summed E-state index contributed by atoms with van der Waals surface area (Å²) in [4.78, 5) is 23.9. The van der Waals surface area contributed by atoms with E-state index in [0.717, 1.165) is 11.1 Å². The first-order valence-electron chi connectivity index (χ1n) is 9.41. The van der Waals surface area contributed by atoms with Gasteiger partial charge in [0.15, 0.2) is 6.10 Å². The van der Waals surface area contributed by atoms with Gasteiger partial charge in [0.25, 0.3) is 5.91 Å². The smallest absolute Gasteiger partial charge is 0.305 e. The Kier molecular flexibility index (Phi) is 6.31. The molecule has 2 aromatic carbocycles. The van der Waals surface area contributed by atoms with Crippen LogP contribution in [-0.4, -0.2) is 41.8 Å². The second kappa shape index (κ2) is 8.89. The summed E-state index contributed by atoms with van der Waals surface area (Å²) in [7, 11) is 0. The number of aliphatic carboxylic acids is 1. The second-order valence-corrected chi connectivity index (χ2v) is 7.10. The van der Waals surface area contributed by atoms with Crippen LogP contribution in [-0.2, 0) is 14.3 Å². The molecule has 3 rings (SSSR count). The number of carboxylic acids is 1. The molecule has 1 atom stereocenters. The van der Waals surface area contributed by atoms with E-state index in [-0.39, 0.29) is 12.3 Å². The van der Waals surface area contributed by atoms with Crippen LogP contribution in [0.3, 0.4) is 0 Å². The van der Waals surface area contributed by atoms with E-state index in [1.165, 1.54) is 0 Å². The van der Waals surface area contributed by atoms with Gasteiger partial charge in [0.1, 0.15) is 5.75 Å². The normalized spacial score (nSPS) is 16.8. The fraction of sp³-hybridized carbons (Fsp3) is 0.364. The summed E-state index contributed by atoms with van der Waals surface area (Å²) in [6.07, 6.45) is 0.0873. The van der Waals surface area contributed by atoms with Gasteiger partial charge < -0.3 is 19.9 Å². The van der Waals surface area contributed by atoms with Crippen molar-refractivity contribution in [1.82, 2.24) is 5.32 Å². The van der Waals surface area contributed by atoms with Crippen molar-refractivity contribution < 1.29 is 24.2 Å². The highest BCUT2D eigenvalue weighted by molar-refractivity contribution is 5.82.